The van der Waals surface area contributed by atoms with Crippen molar-refractivity contribution in [3.05, 3.63) is 29.8 Å². The molecule has 0 N–H and O–H groups in total. The van der Waals surface area contributed by atoms with Gasteiger partial charge in [-0.1, -0.05) is 12.1 Å². The smallest absolute Gasteiger partial charge is 0.228 e. The normalized spacial score (nSPS) is 23.6. The highest BCUT2D eigenvalue weighted by Crippen LogP contribution is 2.53. The topological polar surface area (TPSA) is 47.3 Å². The molecule has 0 radical (unpaired) electrons. The highest BCUT2D eigenvalue weighted by molar-refractivity contribution is 6.52. The molecule has 0 bridgehead atoms. The Kier molecular flexibility index (Phi) is 4.20. The molecule has 1 amide bonds. The van der Waals surface area contributed by atoms with E-state index in [1.54, 1.807) is 0 Å². The minimum atomic E-state index is -0.865. The fourth-order valence-corrected chi connectivity index (χ4v) is 3.42. The van der Waals surface area contributed by atoms with Crippen molar-refractivity contribution in [3.8, 4) is 6.07 Å². The predicted molar refractivity (Wildman–Crippen MR) is 87.1 cm³/mol. The number of hydrogen-bond acceptors (Lipinski definition) is 3. The molecule has 1 aliphatic carbocycles. The van der Waals surface area contributed by atoms with Gasteiger partial charge >= 0.3 is 0 Å². The molecule has 1 aromatic rings. The summed E-state index contributed by atoms with van der Waals surface area (Å²) in [5, 5.41) is 9.23. The molecular formula is C16H17Cl2N3O. The number of rotatable bonds is 2. The first kappa shape index (κ1) is 15.5. The zero-order valence-electron chi connectivity index (χ0n) is 12.1. The number of benzene rings is 1. The molecule has 0 aromatic heterocycles. The first-order chi connectivity index (χ1) is 10.5. The Balaban J connectivity index is 1.68. The van der Waals surface area contributed by atoms with E-state index in [-0.39, 0.29) is 11.8 Å². The lowest BCUT2D eigenvalue weighted by molar-refractivity contribution is -0.132. The fourth-order valence-electron chi connectivity index (χ4n) is 2.92. The Morgan fingerprint density at radius 1 is 1.23 bits per heavy atom. The minimum Gasteiger partial charge on any atom is -0.369 e. The summed E-state index contributed by atoms with van der Waals surface area (Å²) in [5.41, 5.74) is 1.61. The first-order valence-electron chi connectivity index (χ1n) is 7.43. The van der Waals surface area contributed by atoms with Crippen molar-refractivity contribution in [3.63, 3.8) is 0 Å². The molecule has 0 spiro atoms. The molecule has 1 heterocycles. The average molecular weight is 338 g/mol. The van der Waals surface area contributed by atoms with Crippen LogP contribution in [0.15, 0.2) is 24.3 Å². The van der Waals surface area contributed by atoms with Crippen LogP contribution in [0.3, 0.4) is 0 Å². The van der Waals surface area contributed by atoms with Crippen LogP contribution in [0, 0.1) is 17.2 Å². The van der Waals surface area contributed by atoms with E-state index in [2.05, 4.69) is 11.0 Å². The Bertz CT molecular complexity index is 626. The number of halogens is 2. The molecule has 116 valence electrons. The molecule has 1 unspecified atom stereocenters. The zero-order valence-corrected chi connectivity index (χ0v) is 13.6. The van der Waals surface area contributed by atoms with Gasteiger partial charge < -0.3 is 9.80 Å². The summed E-state index contributed by atoms with van der Waals surface area (Å²) in [4.78, 5) is 16.4. The second kappa shape index (κ2) is 5.98. The van der Waals surface area contributed by atoms with Crippen LogP contribution in [0.4, 0.5) is 5.69 Å². The van der Waals surface area contributed by atoms with Gasteiger partial charge in [-0.3, -0.25) is 4.79 Å². The van der Waals surface area contributed by atoms with Crippen molar-refractivity contribution in [2.45, 2.75) is 17.2 Å². The monoisotopic (exact) mass is 337 g/mol. The molecule has 3 rings (SSSR count). The number of alkyl halides is 2. The summed E-state index contributed by atoms with van der Waals surface area (Å²) in [6, 6.07) is 9.81. The van der Waals surface area contributed by atoms with E-state index in [9.17, 15) is 10.1 Å². The Hall–Kier alpha value is -1.44. The van der Waals surface area contributed by atoms with Gasteiger partial charge in [-0.05, 0) is 25.0 Å². The van der Waals surface area contributed by atoms with E-state index in [0.717, 1.165) is 18.7 Å². The predicted octanol–water partition coefficient (Wildman–Crippen LogP) is 2.79. The molecule has 1 atom stereocenters. The maximum atomic E-state index is 12.4. The SMILES string of the molecule is N#Cc1ccccc1N1CCCN(C(=O)C2CC2(Cl)Cl)CC1. The molecule has 1 aromatic carbocycles. The standard InChI is InChI=1S/C16H17Cl2N3O/c17-16(18)10-13(16)15(22)21-7-3-6-20(8-9-21)14-5-2-1-4-12(14)11-19/h1-2,4-5,13H,3,6-10H2. The zero-order chi connectivity index (χ0) is 15.7. The maximum absolute atomic E-state index is 12.4. The third kappa shape index (κ3) is 3.02. The van der Waals surface area contributed by atoms with Crippen molar-refractivity contribution in [2.75, 3.05) is 31.1 Å². The molecule has 1 saturated heterocycles. The molecule has 1 saturated carbocycles. The van der Waals surface area contributed by atoms with Crippen LogP contribution in [0.1, 0.15) is 18.4 Å². The van der Waals surface area contributed by atoms with Gasteiger partial charge in [0.2, 0.25) is 5.91 Å². The fraction of sp³-hybridized carbons (Fsp3) is 0.500. The molecule has 6 heteroatoms. The largest absolute Gasteiger partial charge is 0.369 e. The van der Waals surface area contributed by atoms with Crippen LogP contribution in [-0.2, 0) is 4.79 Å². The van der Waals surface area contributed by atoms with E-state index >= 15 is 0 Å². The van der Waals surface area contributed by atoms with Crippen LogP contribution in [0.5, 0.6) is 0 Å². The molecule has 4 nitrogen and oxygen atoms in total. The summed E-state index contributed by atoms with van der Waals surface area (Å²) in [6.07, 6.45) is 1.42. The van der Waals surface area contributed by atoms with Crippen LogP contribution in [0.2, 0.25) is 0 Å². The van der Waals surface area contributed by atoms with Crippen LogP contribution in [0.25, 0.3) is 0 Å². The van der Waals surface area contributed by atoms with Gasteiger partial charge in [-0.2, -0.15) is 5.26 Å². The van der Waals surface area contributed by atoms with Crippen LogP contribution in [-0.4, -0.2) is 41.3 Å². The number of carbonyl (C=O) groups is 1. The third-order valence-electron chi connectivity index (χ3n) is 4.30. The number of carbonyl (C=O) groups excluding carboxylic acids is 1. The van der Waals surface area contributed by atoms with E-state index in [0.29, 0.717) is 31.6 Å². The van der Waals surface area contributed by atoms with Crippen molar-refractivity contribution < 1.29 is 4.79 Å². The number of nitriles is 1. The molecular weight excluding hydrogens is 321 g/mol. The van der Waals surface area contributed by atoms with Crippen molar-refractivity contribution in [1.29, 1.82) is 5.26 Å². The lowest BCUT2D eigenvalue weighted by Gasteiger charge is -2.24. The van der Waals surface area contributed by atoms with Crippen LogP contribution < -0.4 is 4.90 Å². The lowest BCUT2D eigenvalue weighted by Crippen LogP contribution is -2.37. The van der Waals surface area contributed by atoms with Crippen molar-refractivity contribution in [2.24, 2.45) is 5.92 Å². The van der Waals surface area contributed by atoms with Gasteiger partial charge in [0, 0.05) is 26.2 Å². The molecule has 1 aliphatic heterocycles. The Morgan fingerprint density at radius 3 is 2.64 bits per heavy atom. The summed E-state index contributed by atoms with van der Waals surface area (Å²) in [7, 11) is 0. The highest BCUT2D eigenvalue weighted by Gasteiger charge is 2.57. The maximum Gasteiger partial charge on any atom is 0.228 e. The van der Waals surface area contributed by atoms with Crippen LogP contribution >= 0.6 is 23.2 Å². The number of para-hydroxylation sites is 1. The van der Waals surface area contributed by atoms with Gasteiger partial charge in [0.25, 0.3) is 0 Å². The van der Waals surface area contributed by atoms with Gasteiger partial charge in [0.05, 0.1) is 17.2 Å². The Morgan fingerprint density at radius 2 is 1.95 bits per heavy atom. The van der Waals surface area contributed by atoms with Crippen molar-refractivity contribution >= 4 is 34.8 Å². The van der Waals surface area contributed by atoms with Gasteiger partial charge in [0.15, 0.2) is 0 Å². The van der Waals surface area contributed by atoms with E-state index < -0.39 is 4.33 Å². The summed E-state index contributed by atoms with van der Waals surface area (Å²) >= 11 is 12.0. The summed E-state index contributed by atoms with van der Waals surface area (Å²) < 4.78 is -0.865. The summed E-state index contributed by atoms with van der Waals surface area (Å²) in [5.74, 6) is -0.200. The van der Waals surface area contributed by atoms with E-state index in [4.69, 9.17) is 23.2 Å². The number of nitrogens with zero attached hydrogens (tertiary/aromatic N) is 3. The number of anilines is 1. The summed E-state index contributed by atoms with van der Waals surface area (Å²) in [6.45, 7) is 2.90. The molecule has 2 fully saturated rings. The second-order valence-corrected chi connectivity index (χ2v) is 7.35. The average Bonchev–Trinajstić information content (AvgIpc) is 3.22. The van der Waals surface area contributed by atoms with Crippen molar-refractivity contribution in [1.82, 2.24) is 4.90 Å². The quantitative estimate of drug-likeness (QED) is 0.779. The number of hydrogen-bond donors (Lipinski definition) is 0. The highest BCUT2D eigenvalue weighted by atomic mass is 35.5. The molecule has 2 aliphatic rings. The molecule has 22 heavy (non-hydrogen) atoms. The third-order valence-corrected chi connectivity index (χ3v) is 5.13. The second-order valence-electron chi connectivity index (χ2n) is 5.81. The lowest BCUT2D eigenvalue weighted by atomic mass is 10.1. The Labute approximate surface area is 140 Å². The van der Waals surface area contributed by atoms with E-state index in [1.165, 1.54) is 0 Å². The van der Waals surface area contributed by atoms with E-state index in [1.807, 2.05) is 29.2 Å². The first-order valence-corrected chi connectivity index (χ1v) is 8.19. The van der Waals surface area contributed by atoms with Gasteiger partial charge in [-0.25, -0.2) is 0 Å². The number of amides is 1. The van der Waals surface area contributed by atoms with Gasteiger partial charge in [-0.15, -0.1) is 23.2 Å². The van der Waals surface area contributed by atoms with Gasteiger partial charge in [0.1, 0.15) is 10.4 Å². The minimum absolute atomic E-state index is 0.0559.